The highest BCUT2D eigenvalue weighted by molar-refractivity contribution is 8.22. The molecule has 0 saturated carbocycles. The van der Waals surface area contributed by atoms with Crippen LogP contribution in [0.15, 0.2) is 46.1 Å². The number of nitrogens with one attached hydrogen (secondary N) is 1. The number of carbonyl (C=O) groups excluding carboxylic acids is 1. The van der Waals surface area contributed by atoms with Crippen LogP contribution in [0, 0.1) is 10.1 Å². The number of benzene rings is 1. The molecular formula is C16H22N4O5S2. The van der Waals surface area contributed by atoms with Crippen LogP contribution in [0.1, 0.15) is 6.42 Å². The fourth-order valence-electron chi connectivity index (χ4n) is 2.48. The average Bonchev–Trinajstić information content (AvgIpc) is 3.06. The molecule has 1 heterocycles. The van der Waals surface area contributed by atoms with Gasteiger partial charge in [-0.3, -0.25) is 14.9 Å². The third-order valence-electron chi connectivity index (χ3n) is 3.87. The quantitative estimate of drug-likeness (QED) is 0.335. The van der Waals surface area contributed by atoms with E-state index in [-0.39, 0.29) is 29.0 Å². The SMILES string of the molecule is CN(C)C(=O)CC(C[SH]1C=CC=C1)Nc1ccc(S(N)(=O)=O)cc1[N+](=O)[O-]. The molecule has 1 aliphatic heterocycles. The largest absolute Gasteiger partial charge is 0.375 e. The molecule has 1 aromatic rings. The van der Waals surface area contributed by atoms with Gasteiger partial charge in [0.2, 0.25) is 15.9 Å². The second kappa shape index (κ2) is 8.55. The highest BCUT2D eigenvalue weighted by Crippen LogP contribution is 2.35. The number of hydrogen-bond donors (Lipinski definition) is 3. The Morgan fingerprint density at radius 2 is 1.96 bits per heavy atom. The van der Waals surface area contributed by atoms with Gasteiger partial charge in [0.05, 0.1) is 9.82 Å². The Hall–Kier alpha value is -2.37. The third-order valence-corrected chi connectivity index (χ3v) is 6.75. The van der Waals surface area contributed by atoms with Crippen molar-refractivity contribution in [1.82, 2.24) is 4.90 Å². The Balaban J connectivity index is 2.31. The van der Waals surface area contributed by atoms with Gasteiger partial charge in [0.15, 0.2) is 0 Å². The summed E-state index contributed by atoms with van der Waals surface area (Å²) in [6, 6.07) is 3.08. The van der Waals surface area contributed by atoms with E-state index in [2.05, 4.69) is 5.32 Å². The minimum Gasteiger partial charge on any atom is -0.375 e. The number of thiol groups is 1. The lowest BCUT2D eigenvalue weighted by Crippen LogP contribution is -2.32. The highest BCUT2D eigenvalue weighted by atomic mass is 32.2. The van der Waals surface area contributed by atoms with Gasteiger partial charge in [-0.05, 0) is 22.9 Å². The van der Waals surface area contributed by atoms with Crippen LogP contribution in [-0.4, -0.2) is 50.0 Å². The smallest absolute Gasteiger partial charge is 0.293 e. The zero-order valence-electron chi connectivity index (χ0n) is 14.9. The van der Waals surface area contributed by atoms with Gasteiger partial charge < -0.3 is 10.2 Å². The maximum Gasteiger partial charge on any atom is 0.293 e. The molecule has 9 nitrogen and oxygen atoms in total. The van der Waals surface area contributed by atoms with Crippen molar-refractivity contribution in [3.05, 3.63) is 51.3 Å². The summed E-state index contributed by atoms with van der Waals surface area (Å²) in [5.74, 6) is 0.509. The first-order chi connectivity index (χ1) is 12.6. The van der Waals surface area contributed by atoms with Gasteiger partial charge in [-0.25, -0.2) is 24.5 Å². The zero-order chi connectivity index (χ0) is 20.2. The van der Waals surface area contributed by atoms with Crippen LogP contribution in [0.3, 0.4) is 0 Å². The molecule has 0 fully saturated rings. The van der Waals surface area contributed by atoms with Crippen LogP contribution in [-0.2, 0) is 14.8 Å². The number of nitro benzene ring substituents is 1. The lowest BCUT2D eigenvalue weighted by molar-refractivity contribution is -0.384. The Morgan fingerprint density at radius 1 is 1.33 bits per heavy atom. The van der Waals surface area contributed by atoms with Gasteiger partial charge in [0.1, 0.15) is 5.69 Å². The average molecular weight is 415 g/mol. The molecule has 11 heteroatoms. The molecule has 0 bridgehead atoms. The molecule has 148 valence electrons. The minimum atomic E-state index is -4.06. The molecule has 1 unspecified atom stereocenters. The zero-order valence-corrected chi connectivity index (χ0v) is 16.6. The molecule has 1 aromatic carbocycles. The molecule has 0 radical (unpaired) electrons. The second-order valence-electron chi connectivity index (χ2n) is 6.19. The number of primary sulfonamides is 1. The molecule has 3 N–H and O–H groups in total. The van der Waals surface area contributed by atoms with Crippen LogP contribution in [0.25, 0.3) is 0 Å². The minimum absolute atomic E-state index is 0.113. The number of rotatable bonds is 8. The first-order valence-corrected chi connectivity index (χ1v) is 11.2. The summed E-state index contributed by atoms with van der Waals surface area (Å²) in [7, 11) is -1.34. The number of nitrogens with zero attached hydrogens (tertiary/aromatic N) is 2. The maximum absolute atomic E-state index is 12.1. The predicted octanol–water partition coefficient (Wildman–Crippen LogP) is 1.54. The van der Waals surface area contributed by atoms with E-state index < -0.39 is 31.5 Å². The number of carbonyl (C=O) groups is 1. The van der Waals surface area contributed by atoms with Gasteiger partial charge in [-0.2, -0.15) is 0 Å². The molecule has 0 saturated heterocycles. The lowest BCUT2D eigenvalue weighted by Gasteiger charge is -2.24. The number of nitro groups is 1. The van der Waals surface area contributed by atoms with E-state index in [4.69, 9.17) is 5.14 Å². The Morgan fingerprint density at radius 3 is 2.48 bits per heavy atom. The molecular weight excluding hydrogens is 392 g/mol. The van der Waals surface area contributed by atoms with Crippen molar-refractivity contribution in [3.63, 3.8) is 0 Å². The van der Waals surface area contributed by atoms with Crippen molar-refractivity contribution < 1.29 is 18.1 Å². The predicted molar refractivity (Wildman–Crippen MR) is 107 cm³/mol. The van der Waals surface area contributed by atoms with Gasteiger partial charge in [-0.1, -0.05) is 12.2 Å². The number of sulfonamides is 1. The van der Waals surface area contributed by atoms with Crippen molar-refractivity contribution in [3.8, 4) is 0 Å². The number of amides is 1. The Bertz CT molecular complexity index is 884. The number of anilines is 1. The fraction of sp³-hybridized carbons (Fsp3) is 0.312. The molecule has 1 amide bonds. The van der Waals surface area contributed by atoms with Gasteiger partial charge >= 0.3 is 0 Å². The third kappa shape index (κ3) is 5.81. The molecule has 0 aliphatic carbocycles. The van der Waals surface area contributed by atoms with Gasteiger partial charge in [0.25, 0.3) is 5.69 Å². The van der Waals surface area contributed by atoms with E-state index in [9.17, 15) is 23.3 Å². The number of allylic oxidation sites excluding steroid dienone is 2. The lowest BCUT2D eigenvalue weighted by atomic mass is 10.2. The standard InChI is InChI=1S/C16H22N4O5S2/c1-19(2)16(21)9-12(11-26-7-3-4-8-26)18-14-6-5-13(27(17,24)25)10-15(14)20(22)23/h3-8,10,12,18,26H,9,11H2,1-2H3,(H2,17,24,25). The van der Waals surface area contributed by atoms with E-state index in [1.54, 1.807) is 14.1 Å². The Kier molecular flexibility index (Phi) is 6.63. The summed E-state index contributed by atoms with van der Waals surface area (Å²) >= 11 is 0. The monoisotopic (exact) mass is 414 g/mol. The first kappa shape index (κ1) is 20.9. The summed E-state index contributed by atoms with van der Waals surface area (Å²) in [5.41, 5.74) is -0.264. The van der Waals surface area contributed by atoms with Crippen molar-refractivity contribution in [2.45, 2.75) is 17.4 Å². The van der Waals surface area contributed by atoms with E-state index in [0.29, 0.717) is 5.75 Å². The van der Waals surface area contributed by atoms with Crippen LogP contribution >= 0.6 is 10.9 Å². The molecule has 2 rings (SSSR count). The summed E-state index contributed by atoms with van der Waals surface area (Å²) in [6.45, 7) is 0. The summed E-state index contributed by atoms with van der Waals surface area (Å²) < 4.78 is 22.9. The summed E-state index contributed by atoms with van der Waals surface area (Å²) in [4.78, 5) is 24.0. The number of nitrogens with two attached hydrogens (primary N) is 1. The van der Waals surface area contributed by atoms with Crippen LogP contribution in [0.4, 0.5) is 11.4 Å². The van der Waals surface area contributed by atoms with E-state index in [0.717, 1.165) is 6.07 Å². The van der Waals surface area contributed by atoms with E-state index in [1.807, 2.05) is 23.0 Å². The van der Waals surface area contributed by atoms with Crippen molar-refractivity contribution in [2.75, 3.05) is 25.2 Å². The van der Waals surface area contributed by atoms with Crippen LogP contribution < -0.4 is 10.5 Å². The summed E-state index contributed by atoms with van der Waals surface area (Å²) in [5, 5.41) is 23.6. The van der Waals surface area contributed by atoms with Gasteiger partial charge in [0, 0.05) is 38.4 Å². The van der Waals surface area contributed by atoms with Gasteiger partial charge in [-0.15, -0.1) is 0 Å². The molecule has 0 aromatic heterocycles. The first-order valence-electron chi connectivity index (χ1n) is 7.96. The highest BCUT2D eigenvalue weighted by Gasteiger charge is 2.23. The maximum atomic E-state index is 12.1. The van der Waals surface area contributed by atoms with Crippen molar-refractivity contribution in [1.29, 1.82) is 0 Å². The van der Waals surface area contributed by atoms with Crippen molar-refractivity contribution in [2.24, 2.45) is 5.14 Å². The summed E-state index contributed by atoms with van der Waals surface area (Å²) in [6.07, 6.45) is 4.02. The molecule has 1 atom stereocenters. The van der Waals surface area contributed by atoms with Crippen molar-refractivity contribution >= 4 is 38.2 Å². The van der Waals surface area contributed by atoms with E-state index >= 15 is 0 Å². The number of hydrogen-bond acceptors (Lipinski definition) is 6. The molecule has 0 spiro atoms. The normalized spacial score (nSPS) is 15.6. The fourth-order valence-corrected chi connectivity index (χ4v) is 4.73. The Labute approximate surface area is 160 Å². The molecule has 27 heavy (non-hydrogen) atoms. The topological polar surface area (TPSA) is 136 Å². The molecule has 1 aliphatic rings. The van der Waals surface area contributed by atoms with Crippen LogP contribution in [0.2, 0.25) is 0 Å². The van der Waals surface area contributed by atoms with E-state index in [1.165, 1.54) is 17.0 Å². The second-order valence-corrected chi connectivity index (χ2v) is 9.75. The van der Waals surface area contributed by atoms with Crippen LogP contribution in [0.5, 0.6) is 0 Å².